The van der Waals surface area contributed by atoms with Crippen molar-refractivity contribution in [3.8, 4) is 6.07 Å². The van der Waals surface area contributed by atoms with Gasteiger partial charge in [0.15, 0.2) is 0 Å². The van der Waals surface area contributed by atoms with Crippen LogP contribution < -0.4 is 4.72 Å². The number of sulfonamides is 1. The number of carbonyl (C=O) groups is 1. The van der Waals surface area contributed by atoms with Crippen molar-refractivity contribution in [3.05, 3.63) is 65.2 Å². The smallest absolute Gasteiger partial charge is 0.340 e. The number of amides is 1. The second-order valence-corrected chi connectivity index (χ2v) is 7.68. The molecular formula is C18H16F3N3O3S. The highest BCUT2D eigenvalue weighted by Gasteiger charge is 2.31. The van der Waals surface area contributed by atoms with Crippen molar-refractivity contribution in [2.75, 3.05) is 13.6 Å². The Labute approximate surface area is 160 Å². The van der Waals surface area contributed by atoms with Crippen molar-refractivity contribution in [2.45, 2.75) is 17.6 Å². The lowest BCUT2D eigenvalue weighted by molar-refractivity contribution is -0.137. The molecule has 0 aliphatic heterocycles. The second kappa shape index (κ2) is 8.41. The Bertz CT molecular complexity index is 1010. The minimum atomic E-state index is -4.68. The van der Waals surface area contributed by atoms with E-state index in [1.165, 1.54) is 11.9 Å². The number of halogens is 3. The van der Waals surface area contributed by atoms with Crippen LogP contribution in [0.15, 0.2) is 53.4 Å². The second-order valence-electron chi connectivity index (χ2n) is 5.91. The van der Waals surface area contributed by atoms with Crippen LogP contribution in [0.1, 0.15) is 16.7 Å². The fourth-order valence-corrected chi connectivity index (χ4v) is 3.34. The summed E-state index contributed by atoms with van der Waals surface area (Å²) in [6.45, 7) is -0.480. The summed E-state index contributed by atoms with van der Waals surface area (Å²) < 4.78 is 64.6. The van der Waals surface area contributed by atoms with E-state index in [0.29, 0.717) is 17.2 Å². The Kier molecular flexibility index (Phi) is 6.43. The van der Waals surface area contributed by atoms with Crippen LogP contribution in [0.2, 0.25) is 0 Å². The van der Waals surface area contributed by atoms with Crippen LogP contribution in [0.25, 0.3) is 0 Å². The predicted molar refractivity (Wildman–Crippen MR) is 94.3 cm³/mol. The van der Waals surface area contributed by atoms with Gasteiger partial charge < -0.3 is 4.90 Å². The van der Waals surface area contributed by atoms with Gasteiger partial charge in [-0.1, -0.05) is 18.2 Å². The molecule has 1 amide bonds. The van der Waals surface area contributed by atoms with Gasteiger partial charge in [-0.2, -0.15) is 18.4 Å². The molecule has 2 rings (SSSR count). The molecule has 0 atom stereocenters. The number of benzene rings is 2. The quantitative estimate of drug-likeness (QED) is 0.791. The van der Waals surface area contributed by atoms with Crippen molar-refractivity contribution in [3.63, 3.8) is 0 Å². The maximum absolute atomic E-state index is 12.7. The van der Waals surface area contributed by atoms with Crippen molar-refractivity contribution in [1.29, 1.82) is 5.26 Å². The molecular weight excluding hydrogens is 395 g/mol. The Balaban J connectivity index is 2.03. The van der Waals surface area contributed by atoms with Crippen LogP contribution in [0.5, 0.6) is 0 Å². The first-order valence-corrected chi connectivity index (χ1v) is 9.41. The molecule has 2 aromatic carbocycles. The monoisotopic (exact) mass is 411 g/mol. The first-order chi connectivity index (χ1) is 13.0. The van der Waals surface area contributed by atoms with E-state index in [2.05, 4.69) is 0 Å². The van der Waals surface area contributed by atoms with Gasteiger partial charge in [0.2, 0.25) is 15.9 Å². The van der Waals surface area contributed by atoms with Gasteiger partial charge in [-0.15, -0.1) is 0 Å². The normalized spacial score (nSPS) is 11.7. The van der Waals surface area contributed by atoms with Crippen LogP contribution in [-0.4, -0.2) is 32.8 Å². The third-order valence-corrected chi connectivity index (χ3v) is 5.19. The maximum Gasteiger partial charge on any atom is 0.416 e. The SMILES string of the molecule is CN(Cc1cccc(C#N)c1)C(=O)CNS(=O)(=O)c1cccc(C(F)(F)F)c1. The largest absolute Gasteiger partial charge is 0.416 e. The molecule has 28 heavy (non-hydrogen) atoms. The number of hydrogen-bond donors (Lipinski definition) is 1. The summed E-state index contributed by atoms with van der Waals surface area (Å²) in [6, 6.07) is 11.8. The molecule has 1 N–H and O–H groups in total. The van der Waals surface area contributed by atoms with Crippen LogP contribution in [0.3, 0.4) is 0 Å². The van der Waals surface area contributed by atoms with Gasteiger partial charge in [0, 0.05) is 13.6 Å². The van der Waals surface area contributed by atoms with Crippen LogP contribution in [0, 0.1) is 11.3 Å². The zero-order chi connectivity index (χ0) is 20.9. The topological polar surface area (TPSA) is 90.3 Å². The van der Waals surface area contributed by atoms with Crippen molar-refractivity contribution in [2.24, 2.45) is 0 Å². The molecule has 10 heteroatoms. The number of hydrogen-bond acceptors (Lipinski definition) is 4. The average molecular weight is 411 g/mol. The minimum Gasteiger partial charge on any atom is -0.340 e. The summed E-state index contributed by atoms with van der Waals surface area (Å²) in [6.07, 6.45) is -4.68. The molecule has 0 radical (unpaired) electrons. The first kappa shape index (κ1) is 21.4. The Morgan fingerprint density at radius 2 is 1.86 bits per heavy atom. The van der Waals surface area contributed by atoms with Gasteiger partial charge in [-0.05, 0) is 35.9 Å². The maximum atomic E-state index is 12.7. The lowest BCUT2D eigenvalue weighted by atomic mass is 10.1. The highest BCUT2D eigenvalue weighted by atomic mass is 32.2. The van der Waals surface area contributed by atoms with E-state index < -0.39 is 39.1 Å². The summed E-state index contributed by atoms with van der Waals surface area (Å²) >= 11 is 0. The molecule has 0 spiro atoms. The molecule has 0 aliphatic rings. The zero-order valence-electron chi connectivity index (χ0n) is 14.7. The van der Waals surface area contributed by atoms with Gasteiger partial charge >= 0.3 is 6.18 Å². The minimum absolute atomic E-state index is 0.139. The number of nitrogens with one attached hydrogen (secondary N) is 1. The molecule has 2 aromatic rings. The number of nitriles is 1. The number of likely N-dealkylation sites (N-methyl/N-ethyl adjacent to an activating group) is 1. The molecule has 6 nitrogen and oxygen atoms in total. The molecule has 0 saturated heterocycles. The summed E-state index contributed by atoms with van der Waals surface area (Å²) in [7, 11) is -2.85. The molecule has 0 aliphatic carbocycles. The highest BCUT2D eigenvalue weighted by molar-refractivity contribution is 7.89. The summed E-state index contributed by atoms with van der Waals surface area (Å²) in [5, 5.41) is 8.88. The summed E-state index contributed by atoms with van der Waals surface area (Å²) in [4.78, 5) is 12.8. The Morgan fingerprint density at radius 3 is 2.50 bits per heavy atom. The van der Waals surface area contributed by atoms with Gasteiger partial charge in [0.25, 0.3) is 0 Å². The fourth-order valence-electron chi connectivity index (χ4n) is 2.32. The Morgan fingerprint density at radius 1 is 1.18 bits per heavy atom. The van der Waals surface area contributed by atoms with Crippen LogP contribution in [0.4, 0.5) is 13.2 Å². The lowest BCUT2D eigenvalue weighted by Crippen LogP contribution is -2.37. The molecule has 0 aromatic heterocycles. The summed E-state index contributed by atoms with van der Waals surface area (Å²) in [5.74, 6) is -0.585. The standard InChI is InChI=1S/C18H16F3N3O3S/c1-24(12-14-5-2-4-13(8-14)10-22)17(25)11-23-28(26,27)16-7-3-6-15(9-16)18(19,20)21/h2-9,23H,11-12H2,1H3. The number of nitrogens with zero attached hydrogens (tertiary/aromatic N) is 2. The fraction of sp³-hybridized carbons (Fsp3) is 0.222. The molecule has 148 valence electrons. The van der Waals surface area contributed by atoms with Crippen LogP contribution >= 0.6 is 0 Å². The van der Waals surface area contributed by atoms with Crippen molar-refractivity contribution in [1.82, 2.24) is 9.62 Å². The predicted octanol–water partition coefficient (Wildman–Crippen LogP) is 2.51. The van der Waals surface area contributed by atoms with Gasteiger partial charge in [-0.3, -0.25) is 4.79 Å². The van der Waals surface area contributed by atoms with Gasteiger partial charge in [-0.25, -0.2) is 13.1 Å². The molecule has 0 saturated carbocycles. The van der Waals surface area contributed by atoms with E-state index in [4.69, 9.17) is 5.26 Å². The lowest BCUT2D eigenvalue weighted by Gasteiger charge is -2.18. The molecule has 0 bridgehead atoms. The van der Waals surface area contributed by atoms with E-state index in [9.17, 15) is 26.4 Å². The zero-order valence-corrected chi connectivity index (χ0v) is 15.5. The third-order valence-electron chi connectivity index (χ3n) is 3.79. The van der Waals surface area contributed by atoms with E-state index in [-0.39, 0.29) is 6.54 Å². The highest BCUT2D eigenvalue weighted by Crippen LogP contribution is 2.30. The number of alkyl halides is 3. The van der Waals surface area contributed by atoms with E-state index in [0.717, 1.165) is 18.2 Å². The molecule has 0 heterocycles. The van der Waals surface area contributed by atoms with E-state index in [1.807, 2.05) is 10.8 Å². The van der Waals surface area contributed by atoms with E-state index in [1.54, 1.807) is 24.3 Å². The van der Waals surface area contributed by atoms with Gasteiger partial charge in [0.05, 0.1) is 28.6 Å². The molecule has 0 fully saturated rings. The average Bonchev–Trinajstić information content (AvgIpc) is 2.65. The number of carbonyl (C=O) groups excluding carboxylic acids is 1. The first-order valence-electron chi connectivity index (χ1n) is 7.93. The Hall–Kier alpha value is -2.90. The third kappa shape index (κ3) is 5.55. The van der Waals surface area contributed by atoms with Gasteiger partial charge in [0.1, 0.15) is 0 Å². The van der Waals surface area contributed by atoms with Crippen molar-refractivity contribution >= 4 is 15.9 Å². The van der Waals surface area contributed by atoms with Crippen molar-refractivity contribution < 1.29 is 26.4 Å². The molecule has 0 unspecified atom stereocenters. The number of rotatable bonds is 6. The summed E-state index contributed by atoms with van der Waals surface area (Å²) in [5.41, 5.74) is -0.00423. The van der Waals surface area contributed by atoms with Crippen LogP contribution in [-0.2, 0) is 27.5 Å². The van der Waals surface area contributed by atoms with E-state index >= 15 is 0 Å².